The molecule has 1 aliphatic rings. The highest BCUT2D eigenvalue weighted by molar-refractivity contribution is 5.79. The Kier molecular flexibility index (Phi) is 5.47. The summed E-state index contributed by atoms with van der Waals surface area (Å²) in [7, 11) is 4.09. The maximum atomic E-state index is 12.9. The van der Waals surface area contributed by atoms with Crippen molar-refractivity contribution in [2.75, 3.05) is 13.6 Å². The number of carbonyl (C=O) groups excluding carboxylic acids is 1. The molecule has 0 bridgehead atoms. The average molecular weight is 354 g/mol. The van der Waals surface area contributed by atoms with E-state index in [9.17, 15) is 4.79 Å². The van der Waals surface area contributed by atoms with Crippen molar-refractivity contribution >= 4 is 5.91 Å². The molecule has 0 saturated carbocycles. The summed E-state index contributed by atoms with van der Waals surface area (Å²) in [5.74, 6) is 0.0628. The first-order valence-electron chi connectivity index (χ1n) is 9.43. The zero-order chi connectivity index (χ0) is 18.8. The van der Waals surface area contributed by atoms with Crippen LogP contribution in [0.1, 0.15) is 41.9 Å². The van der Waals surface area contributed by atoms with Gasteiger partial charge in [-0.25, -0.2) is 0 Å². The highest BCUT2D eigenvalue weighted by Crippen LogP contribution is 2.31. The Morgan fingerprint density at radius 1 is 1.27 bits per heavy atom. The van der Waals surface area contributed by atoms with Crippen molar-refractivity contribution in [1.29, 1.82) is 0 Å². The standard InChI is InChI=1S/C21H30N4O/c1-14(13-18-15(2)23-25(5)16(18)3)21(26)22-19-11-12-24(4)20(19)17-9-7-6-8-10-17/h6-10,14,19-20H,11-13H2,1-5H3,(H,22,26). The van der Waals surface area contributed by atoms with Gasteiger partial charge in [-0.05, 0) is 44.9 Å². The quantitative estimate of drug-likeness (QED) is 0.898. The van der Waals surface area contributed by atoms with E-state index in [2.05, 4.69) is 53.6 Å². The topological polar surface area (TPSA) is 50.2 Å². The van der Waals surface area contributed by atoms with Crippen molar-refractivity contribution < 1.29 is 4.79 Å². The second-order valence-corrected chi connectivity index (χ2v) is 7.62. The van der Waals surface area contributed by atoms with Crippen LogP contribution in [0.15, 0.2) is 30.3 Å². The number of likely N-dealkylation sites (tertiary alicyclic amines) is 1. The second-order valence-electron chi connectivity index (χ2n) is 7.62. The lowest BCUT2D eigenvalue weighted by atomic mass is 9.96. The highest BCUT2D eigenvalue weighted by atomic mass is 16.1. The van der Waals surface area contributed by atoms with Crippen LogP contribution in [0.3, 0.4) is 0 Å². The Bertz CT molecular complexity index is 768. The van der Waals surface area contributed by atoms with E-state index >= 15 is 0 Å². The van der Waals surface area contributed by atoms with Gasteiger partial charge in [-0.3, -0.25) is 14.4 Å². The number of benzene rings is 1. The van der Waals surface area contributed by atoms with Gasteiger partial charge in [0.25, 0.3) is 0 Å². The maximum absolute atomic E-state index is 12.9. The largest absolute Gasteiger partial charge is 0.351 e. The first-order chi connectivity index (χ1) is 12.4. The summed E-state index contributed by atoms with van der Waals surface area (Å²) in [5.41, 5.74) is 4.63. The van der Waals surface area contributed by atoms with Gasteiger partial charge in [-0.1, -0.05) is 37.3 Å². The van der Waals surface area contributed by atoms with E-state index in [4.69, 9.17) is 0 Å². The number of rotatable bonds is 5. The summed E-state index contributed by atoms with van der Waals surface area (Å²) < 4.78 is 1.90. The van der Waals surface area contributed by atoms with Crippen LogP contribution in [0.4, 0.5) is 0 Å². The van der Waals surface area contributed by atoms with Crippen molar-refractivity contribution in [3.63, 3.8) is 0 Å². The zero-order valence-electron chi connectivity index (χ0n) is 16.5. The van der Waals surface area contributed by atoms with Crippen LogP contribution in [-0.2, 0) is 18.3 Å². The second kappa shape index (κ2) is 7.62. The van der Waals surface area contributed by atoms with Crippen molar-refractivity contribution in [3.8, 4) is 0 Å². The minimum absolute atomic E-state index is 0.0704. The van der Waals surface area contributed by atoms with Crippen LogP contribution in [0.25, 0.3) is 0 Å². The van der Waals surface area contributed by atoms with Gasteiger partial charge in [0, 0.05) is 31.2 Å². The summed E-state index contributed by atoms with van der Waals surface area (Å²) in [4.78, 5) is 15.2. The highest BCUT2D eigenvalue weighted by Gasteiger charge is 2.34. The van der Waals surface area contributed by atoms with Gasteiger partial charge >= 0.3 is 0 Å². The molecule has 2 aromatic rings. The van der Waals surface area contributed by atoms with Crippen molar-refractivity contribution in [3.05, 3.63) is 52.8 Å². The SMILES string of the molecule is Cc1nn(C)c(C)c1CC(C)C(=O)NC1CCN(C)C1c1ccccc1. The third-order valence-corrected chi connectivity index (χ3v) is 5.73. The molecule has 1 aromatic heterocycles. The Hall–Kier alpha value is -2.14. The molecule has 3 rings (SSSR count). The van der Waals surface area contributed by atoms with Gasteiger partial charge in [0.1, 0.15) is 0 Å². The van der Waals surface area contributed by atoms with Crippen molar-refractivity contribution in [2.45, 2.75) is 45.7 Å². The molecule has 5 nitrogen and oxygen atoms in total. The predicted molar refractivity (Wildman–Crippen MR) is 104 cm³/mol. The van der Waals surface area contributed by atoms with Crippen LogP contribution in [0.5, 0.6) is 0 Å². The Labute approximate surface area is 156 Å². The number of amides is 1. The molecule has 140 valence electrons. The lowest BCUT2D eigenvalue weighted by Gasteiger charge is -2.27. The molecule has 1 saturated heterocycles. The predicted octanol–water partition coefficient (Wildman–Crippen LogP) is 2.78. The minimum Gasteiger partial charge on any atom is -0.351 e. The number of nitrogens with one attached hydrogen (secondary N) is 1. The summed E-state index contributed by atoms with van der Waals surface area (Å²) in [6.45, 7) is 7.10. The number of nitrogens with zero attached hydrogens (tertiary/aromatic N) is 3. The molecule has 1 amide bonds. The molecule has 1 aliphatic heterocycles. The average Bonchev–Trinajstić information content (AvgIpc) is 3.09. The number of likely N-dealkylation sites (N-methyl/N-ethyl adjacent to an activating group) is 1. The summed E-state index contributed by atoms with van der Waals surface area (Å²) >= 11 is 0. The molecule has 3 atom stereocenters. The van der Waals surface area contributed by atoms with Crippen molar-refractivity contribution in [1.82, 2.24) is 20.0 Å². The van der Waals surface area contributed by atoms with Gasteiger partial charge in [0.2, 0.25) is 5.91 Å². The summed E-state index contributed by atoms with van der Waals surface area (Å²) in [5, 5.41) is 7.78. The van der Waals surface area contributed by atoms with Crippen molar-refractivity contribution in [2.24, 2.45) is 13.0 Å². The molecule has 0 aliphatic carbocycles. The third kappa shape index (κ3) is 3.68. The molecule has 0 spiro atoms. The van der Waals surface area contributed by atoms with Crippen LogP contribution in [0, 0.1) is 19.8 Å². The fourth-order valence-electron chi connectivity index (χ4n) is 4.07. The molecule has 1 N–H and O–H groups in total. The van der Waals surface area contributed by atoms with Crippen LogP contribution < -0.4 is 5.32 Å². The van der Waals surface area contributed by atoms with Gasteiger partial charge in [0.05, 0.1) is 11.7 Å². The lowest BCUT2D eigenvalue weighted by molar-refractivity contribution is -0.125. The molecule has 1 fully saturated rings. The minimum atomic E-state index is -0.0704. The van der Waals surface area contributed by atoms with Gasteiger partial charge < -0.3 is 5.32 Å². The van der Waals surface area contributed by atoms with E-state index in [1.165, 1.54) is 11.1 Å². The van der Waals surface area contributed by atoms with E-state index in [0.717, 1.165) is 30.8 Å². The van der Waals surface area contributed by atoms with E-state index in [1.807, 2.05) is 31.6 Å². The molecule has 26 heavy (non-hydrogen) atoms. The first-order valence-corrected chi connectivity index (χ1v) is 9.43. The van der Waals surface area contributed by atoms with E-state index in [-0.39, 0.29) is 23.9 Å². The van der Waals surface area contributed by atoms with Crippen LogP contribution in [0.2, 0.25) is 0 Å². The number of aromatic nitrogens is 2. The van der Waals surface area contributed by atoms with Crippen LogP contribution in [-0.4, -0.2) is 40.2 Å². The van der Waals surface area contributed by atoms with Gasteiger partial charge in [0.15, 0.2) is 0 Å². The van der Waals surface area contributed by atoms with E-state index in [1.54, 1.807) is 0 Å². The Balaban J connectivity index is 1.68. The van der Waals surface area contributed by atoms with Gasteiger partial charge in [-0.2, -0.15) is 5.10 Å². The van der Waals surface area contributed by atoms with E-state index in [0.29, 0.717) is 0 Å². The molecule has 2 heterocycles. The number of hydrogen-bond donors (Lipinski definition) is 1. The molecule has 5 heteroatoms. The fourth-order valence-corrected chi connectivity index (χ4v) is 4.07. The third-order valence-electron chi connectivity index (χ3n) is 5.73. The molecule has 0 radical (unpaired) electrons. The molecule has 1 aromatic carbocycles. The summed E-state index contributed by atoms with van der Waals surface area (Å²) in [6, 6.07) is 10.9. The number of hydrogen-bond acceptors (Lipinski definition) is 3. The smallest absolute Gasteiger partial charge is 0.223 e. The zero-order valence-corrected chi connectivity index (χ0v) is 16.5. The molecule has 3 unspecified atom stereocenters. The first kappa shape index (κ1) is 18.6. The lowest BCUT2D eigenvalue weighted by Crippen LogP contribution is -2.41. The molecular weight excluding hydrogens is 324 g/mol. The van der Waals surface area contributed by atoms with Crippen LogP contribution >= 0.6 is 0 Å². The Morgan fingerprint density at radius 2 is 1.96 bits per heavy atom. The fraction of sp³-hybridized carbons (Fsp3) is 0.524. The molecular formula is C21H30N4O. The monoisotopic (exact) mass is 354 g/mol. The van der Waals surface area contributed by atoms with E-state index < -0.39 is 0 Å². The Morgan fingerprint density at radius 3 is 2.58 bits per heavy atom. The number of aryl methyl sites for hydroxylation is 2. The van der Waals surface area contributed by atoms with Gasteiger partial charge in [-0.15, -0.1) is 0 Å². The summed E-state index contributed by atoms with van der Waals surface area (Å²) in [6.07, 6.45) is 1.72. The maximum Gasteiger partial charge on any atom is 0.223 e. The number of carbonyl (C=O) groups is 1. The normalized spacial score (nSPS) is 21.7.